The van der Waals surface area contributed by atoms with E-state index in [4.69, 9.17) is 11.9 Å². The molecule has 0 unspecified atom stereocenters. The third-order valence-electron chi connectivity index (χ3n) is 4.29. The number of likely N-dealkylation sites (tertiary alicyclic amines) is 1. The molecular weight excluding hydrogens is 348 g/mol. The van der Waals surface area contributed by atoms with E-state index in [9.17, 15) is 9.59 Å². The van der Waals surface area contributed by atoms with Crippen molar-refractivity contribution in [3.05, 3.63) is 18.4 Å². The zero-order chi connectivity index (χ0) is 21.5. The summed E-state index contributed by atoms with van der Waals surface area (Å²) in [6.07, 6.45) is 6.01. The molecule has 0 radical (unpaired) electrons. The third kappa shape index (κ3) is 8.32. The number of oxazole rings is 1. The van der Waals surface area contributed by atoms with Crippen LogP contribution in [0.1, 0.15) is 61.4 Å². The molecule has 152 valence electrons. The average molecular weight is 383 g/mol. The van der Waals surface area contributed by atoms with Gasteiger partial charge in [0.2, 0.25) is 0 Å². The summed E-state index contributed by atoms with van der Waals surface area (Å²) < 4.78 is 26.4. The van der Waals surface area contributed by atoms with Crippen LogP contribution in [0.25, 0.3) is 0 Å². The molecule has 8 heteroatoms. The number of hydrogen-bond acceptors (Lipinski definition) is 5. The molecule has 2 rings (SSSR count). The van der Waals surface area contributed by atoms with Gasteiger partial charge in [-0.05, 0) is 46.0 Å². The third-order valence-corrected chi connectivity index (χ3v) is 4.29. The Labute approximate surface area is 163 Å². The maximum atomic E-state index is 12.1. The van der Waals surface area contributed by atoms with Crippen LogP contribution in [0.4, 0.5) is 9.59 Å². The number of carbonyl (C=O) groups excluding carboxylic acids is 2. The molecular formula is C19H32N4O4. The lowest BCUT2D eigenvalue weighted by Gasteiger charge is -2.33. The van der Waals surface area contributed by atoms with Crippen LogP contribution in [0, 0.1) is 5.92 Å². The fraction of sp³-hybridized carbons (Fsp3) is 0.737. The van der Waals surface area contributed by atoms with E-state index in [0.29, 0.717) is 31.2 Å². The minimum Gasteiger partial charge on any atom is -0.447 e. The van der Waals surface area contributed by atoms with Crippen molar-refractivity contribution in [3.8, 4) is 0 Å². The van der Waals surface area contributed by atoms with Gasteiger partial charge < -0.3 is 24.7 Å². The smallest absolute Gasteiger partial charge is 0.410 e. The van der Waals surface area contributed by atoms with Gasteiger partial charge in [0.25, 0.3) is 0 Å². The molecule has 1 aliphatic heterocycles. The van der Waals surface area contributed by atoms with Crippen molar-refractivity contribution in [2.45, 2.75) is 65.0 Å². The van der Waals surface area contributed by atoms with E-state index in [1.165, 1.54) is 12.6 Å². The number of hydrogen-bond donors (Lipinski definition) is 2. The number of ether oxygens (including phenoxy) is 1. The summed E-state index contributed by atoms with van der Waals surface area (Å²) >= 11 is 0. The summed E-state index contributed by atoms with van der Waals surface area (Å²) in [5.41, 5.74) is -0.492. The topological polar surface area (TPSA) is 96.7 Å². The average Bonchev–Trinajstić information content (AvgIpc) is 3.12. The molecule has 0 spiro atoms. The molecule has 0 aliphatic carbocycles. The van der Waals surface area contributed by atoms with E-state index in [1.807, 2.05) is 20.8 Å². The summed E-state index contributed by atoms with van der Waals surface area (Å²) in [5, 5.41) is 4.89. The van der Waals surface area contributed by atoms with Crippen molar-refractivity contribution < 1.29 is 21.5 Å². The van der Waals surface area contributed by atoms with Gasteiger partial charge in [-0.1, -0.05) is 12.8 Å². The van der Waals surface area contributed by atoms with Crippen LogP contribution in [0.15, 0.2) is 17.0 Å². The number of carbonyl (C=O) groups is 2. The van der Waals surface area contributed by atoms with Crippen LogP contribution in [-0.2, 0) is 11.3 Å². The second-order valence-electron chi connectivity index (χ2n) is 7.76. The molecule has 2 N–H and O–H groups in total. The number of rotatable bonds is 7. The zero-order valence-electron chi connectivity index (χ0n) is 18.4. The van der Waals surface area contributed by atoms with Gasteiger partial charge >= 0.3 is 12.1 Å². The predicted octanol–water partition coefficient (Wildman–Crippen LogP) is 3.29. The van der Waals surface area contributed by atoms with Crippen molar-refractivity contribution >= 4 is 12.1 Å². The fourth-order valence-corrected chi connectivity index (χ4v) is 2.89. The summed E-state index contributed by atoms with van der Waals surface area (Å²) in [5.74, 6) is 0.947. The quantitative estimate of drug-likeness (QED) is 0.754. The molecule has 2 heterocycles. The first kappa shape index (κ1) is 18.1. The molecule has 8 nitrogen and oxygen atoms in total. The van der Waals surface area contributed by atoms with Crippen molar-refractivity contribution in [1.82, 2.24) is 20.5 Å². The molecule has 1 aromatic heterocycles. The van der Waals surface area contributed by atoms with Crippen molar-refractivity contribution in [3.63, 3.8) is 0 Å². The summed E-state index contributed by atoms with van der Waals surface area (Å²) in [6, 6.07) is -0.586. The highest BCUT2D eigenvalue weighted by Gasteiger charge is 2.26. The van der Waals surface area contributed by atoms with Crippen molar-refractivity contribution in [2.75, 3.05) is 19.6 Å². The summed E-state index contributed by atoms with van der Waals surface area (Å²) in [6.45, 7) is 5.25. The normalized spacial score (nSPS) is 17.1. The molecule has 1 fully saturated rings. The first-order valence-corrected chi connectivity index (χ1v) is 9.45. The van der Waals surface area contributed by atoms with Crippen molar-refractivity contribution in [1.29, 1.82) is 0 Å². The van der Waals surface area contributed by atoms with E-state index in [2.05, 4.69) is 15.6 Å². The lowest BCUT2D eigenvalue weighted by atomic mass is 9.92. The molecule has 1 saturated heterocycles. The number of urea groups is 1. The fourth-order valence-electron chi connectivity index (χ4n) is 2.89. The minimum atomic E-state index is -1.79. The molecule has 0 atom stereocenters. The minimum absolute atomic E-state index is 0.151. The Morgan fingerprint density at radius 2 is 2.07 bits per heavy atom. The van der Waals surface area contributed by atoms with Gasteiger partial charge in [-0.25, -0.2) is 14.6 Å². The number of nitrogens with one attached hydrogen (secondary N) is 2. The molecule has 0 saturated carbocycles. The molecule has 1 aromatic rings. The van der Waals surface area contributed by atoms with Gasteiger partial charge in [-0.2, -0.15) is 0 Å². The highest BCUT2D eigenvalue weighted by Crippen LogP contribution is 2.23. The number of amides is 3. The lowest BCUT2D eigenvalue weighted by Crippen LogP contribution is -2.41. The van der Waals surface area contributed by atoms with Gasteiger partial charge in [0, 0.05) is 22.3 Å². The van der Waals surface area contributed by atoms with Gasteiger partial charge in [0.15, 0.2) is 6.39 Å². The molecule has 0 aromatic carbocycles. The van der Waals surface area contributed by atoms with Crippen LogP contribution < -0.4 is 10.6 Å². The zero-order valence-corrected chi connectivity index (χ0v) is 16.4. The first-order valence-electron chi connectivity index (χ1n) is 10.5. The van der Waals surface area contributed by atoms with E-state index < -0.39 is 18.1 Å². The Bertz CT molecular complexity index is 654. The predicted molar refractivity (Wildman–Crippen MR) is 101 cm³/mol. The Kier molecular flexibility index (Phi) is 6.83. The summed E-state index contributed by atoms with van der Waals surface area (Å²) in [4.78, 5) is 29.4. The molecule has 1 aliphatic rings. The maximum absolute atomic E-state index is 12.1. The van der Waals surface area contributed by atoms with Crippen LogP contribution in [-0.4, -0.2) is 47.2 Å². The molecule has 27 heavy (non-hydrogen) atoms. The Morgan fingerprint density at radius 3 is 2.70 bits per heavy atom. The number of aromatic nitrogens is 1. The van der Waals surface area contributed by atoms with Gasteiger partial charge in [0.05, 0.1) is 12.7 Å². The largest absolute Gasteiger partial charge is 0.447 e. The van der Waals surface area contributed by atoms with Crippen LogP contribution in [0.3, 0.4) is 0 Å². The second-order valence-corrected chi connectivity index (χ2v) is 7.76. The van der Waals surface area contributed by atoms with Crippen LogP contribution in [0.5, 0.6) is 0 Å². The second kappa shape index (κ2) is 10.2. The van der Waals surface area contributed by atoms with Gasteiger partial charge in [-0.3, -0.25) is 0 Å². The van der Waals surface area contributed by atoms with Crippen LogP contribution >= 0.6 is 0 Å². The Morgan fingerprint density at radius 1 is 1.33 bits per heavy atom. The van der Waals surface area contributed by atoms with E-state index in [0.717, 1.165) is 19.3 Å². The van der Waals surface area contributed by atoms with E-state index >= 15 is 0 Å². The van der Waals surface area contributed by atoms with Gasteiger partial charge in [-0.15, -0.1) is 0 Å². The lowest BCUT2D eigenvalue weighted by molar-refractivity contribution is 0.0180. The standard InChI is InChI=1S/C19H32N4O4/c1-19(2,3)27-18(25)23-10-7-15(8-11-23)6-4-5-9-21-17(24)22-13-16-12-20-14-26-16/h12,14-15H,4-11,13H2,1-3H3,(H2,21,22,24)/i9D2. The Hall–Kier alpha value is -2.25. The van der Waals surface area contributed by atoms with Gasteiger partial charge in [0.1, 0.15) is 11.4 Å². The molecule has 3 amide bonds. The highest BCUT2D eigenvalue weighted by atomic mass is 16.6. The SMILES string of the molecule is [2H]C([2H])(CCCC1CCN(C(=O)OC(C)(C)C)CC1)NC(=O)NCc1cnco1. The van der Waals surface area contributed by atoms with Crippen molar-refractivity contribution in [2.24, 2.45) is 5.92 Å². The monoisotopic (exact) mass is 382 g/mol. The number of piperidine rings is 1. The highest BCUT2D eigenvalue weighted by molar-refractivity contribution is 5.73. The number of nitrogens with zero attached hydrogens (tertiary/aromatic N) is 2. The van der Waals surface area contributed by atoms with E-state index in [-0.39, 0.29) is 19.1 Å². The maximum Gasteiger partial charge on any atom is 0.410 e. The van der Waals surface area contributed by atoms with E-state index in [1.54, 1.807) is 4.90 Å². The first-order chi connectivity index (χ1) is 13.5. The Balaban J connectivity index is 1.62. The molecule has 0 bridgehead atoms. The summed E-state index contributed by atoms with van der Waals surface area (Å²) in [7, 11) is 0. The van der Waals surface area contributed by atoms with Crippen LogP contribution in [0.2, 0.25) is 0 Å².